The van der Waals surface area contributed by atoms with Crippen molar-refractivity contribution in [1.29, 1.82) is 0 Å². The molecule has 0 amide bonds. The summed E-state index contributed by atoms with van der Waals surface area (Å²) < 4.78 is 0. The van der Waals surface area contributed by atoms with Crippen molar-refractivity contribution in [3.05, 3.63) is 0 Å². The Kier molecular flexibility index (Phi) is 4.87. The fourth-order valence-electron chi connectivity index (χ4n) is 3.53. The smallest absolute Gasteiger partial charge is 0.0221 e. The molecule has 1 aliphatic carbocycles. The maximum atomic E-state index is 3.75. The molecule has 17 heavy (non-hydrogen) atoms. The van der Waals surface area contributed by atoms with Crippen molar-refractivity contribution < 1.29 is 0 Å². The van der Waals surface area contributed by atoms with Gasteiger partial charge in [-0.25, -0.2) is 0 Å². The van der Waals surface area contributed by atoms with Gasteiger partial charge in [0, 0.05) is 31.2 Å². The van der Waals surface area contributed by atoms with E-state index in [1.807, 2.05) is 0 Å². The first-order valence-electron chi connectivity index (χ1n) is 7.71. The van der Waals surface area contributed by atoms with E-state index in [4.69, 9.17) is 0 Å². The number of hydrogen-bond donors (Lipinski definition) is 1. The van der Waals surface area contributed by atoms with E-state index in [1.54, 1.807) is 0 Å². The lowest BCUT2D eigenvalue weighted by Gasteiger charge is -2.46. The molecule has 0 spiro atoms. The third-order valence-electron chi connectivity index (χ3n) is 4.81. The van der Waals surface area contributed by atoms with Gasteiger partial charge in [-0.3, -0.25) is 4.90 Å². The van der Waals surface area contributed by atoms with Gasteiger partial charge >= 0.3 is 0 Å². The highest BCUT2D eigenvalue weighted by Gasteiger charge is 2.33. The molecular weight excluding hydrogens is 208 g/mol. The lowest BCUT2D eigenvalue weighted by atomic mass is 9.90. The van der Waals surface area contributed by atoms with Crippen molar-refractivity contribution in [2.24, 2.45) is 5.92 Å². The molecule has 1 saturated carbocycles. The average molecular weight is 238 g/mol. The van der Waals surface area contributed by atoms with Crippen LogP contribution in [0.2, 0.25) is 0 Å². The third-order valence-corrected chi connectivity index (χ3v) is 4.81. The largest absolute Gasteiger partial charge is 0.311 e. The molecule has 1 N–H and O–H groups in total. The molecule has 1 saturated heterocycles. The van der Waals surface area contributed by atoms with E-state index < -0.39 is 0 Å². The van der Waals surface area contributed by atoms with Crippen LogP contribution in [0.25, 0.3) is 0 Å². The van der Waals surface area contributed by atoms with Crippen molar-refractivity contribution in [1.82, 2.24) is 10.2 Å². The zero-order chi connectivity index (χ0) is 12.3. The van der Waals surface area contributed by atoms with E-state index in [1.165, 1.54) is 51.6 Å². The molecule has 2 heteroatoms. The summed E-state index contributed by atoms with van der Waals surface area (Å²) >= 11 is 0. The van der Waals surface area contributed by atoms with Crippen molar-refractivity contribution >= 4 is 0 Å². The Morgan fingerprint density at radius 3 is 2.47 bits per heavy atom. The molecule has 2 rings (SSSR count). The van der Waals surface area contributed by atoms with Crippen molar-refractivity contribution in [3.8, 4) is 0 Å². The molecule has 1 heterocycles. The predicted molar refractivity (Wildman–Crippen MR) is 74.3 cm³/mol. The van der Waals surface area contributed by atoms with Crippen LogP contribution in [0.15, 0.2) is 0 Å². The van der Waals surface area contributed by atoms with Crippen LogP contribution in [0, 0.1) is 5.92 Å². The Balaban J connectivity index is 1.98. The minimum atomic E-state index is 0.708. The van der Waals surface area contributed by atoms with Gasteiger partial charge < -0.3 is 5.32 Å². The van der Waals surface area contributed by atoms with Crippen molar-refractivity contribution in [2.75, 3.05) is 13.1 Å². The summed E-state index contributed by atoms with van der Waals surface area (Å²) in [5.41, 5.74) is 0. The molecular formula is C15H30N2. The number of rotatable bonds is 3. The highest BCUT2D eigenvalue weighted by atomic mass is 15.3. The standard InChI is InChI=1S/C15H30N2/c1-4-13-10-16-15(12(2)3)11-17(13)14-8-6-5-7-9-14/h12-16H,4-11H2,1-3H3. The van der Waals surface area contributed by atoms with Gasteiger partial charge in [0.25, 0.3) is 0 Å². The van der Waals surface area contributed by atoms with Gasteiger partial charge in [-0.05, 0) is 25.2 Å². The molecule has 2 aliphatic rings. The Labute approximate surface area is 107 Å². The molecule has 2 atom stereocenters. The van der Waals surface area contributed by atoms with Crippen LogP contribution in [0.3, 0.4) is 0 Å². The SMILES string of the molecule is CCC1CNC(C(C)C)CN1C1CCCCC1. The molecule has 0 bridgehead atoms. The molecule has 100 valence electrons. The number of nitrogens with one attached hydrogen (secondary N) is 1. The zero-order valence-electron chi connectivity index (χ0n) is 11.9. The van der Waals surface area contributed by atoms with Crippen LogP contribution in [0.1, 0.15) is 59.3 Å². The fourth-order valence-corrected chi connectivity index (χ4v) is 3.53. The molecule has 1 aliphatic heterocycles. The maximum Gasteiger partial charge on any atom is 0.0221 e. The molecule has 2 unspecified atom stereocenters. The number of nitrogens with zero attached hydrogens (tertiary/aromatic N) is 1. The number of hydrogen-bond acceptors (Lipinski definition) is 2. The van der Waals surface area contributed by atoms with Crippen LogP contribution in [-0.2, 0) is 0 Å². The second kappa shape index (κ2) is 6.19. The average Bonchev–Trinajstić information content (AvgIpc) is 2.39. The first kappa shape index (κ1) is 13.4. The first-order chi connectivity index (χ1) is 8.22. The normalized spacial score (nSPS) is 33.2. The quantitative estimate of drug-likeness (QED) is 0.813. The minimum absolute atomic E-state index is 0.708. The van der Waals surface area contributed by atoms with E-state index in [2.05, 4.69) is 31.0 Å². The summed E-state index contributed by atoms with van der Waals surface area (Å²) in [7, 11) is 0. The summed E-state index contributed by atoms with van der Waals surface area (Å²) in [6, 6.07) is 2.38. The van der Waals surface area contributed by atoms with E-state index in [0.717, 1.165) is 18.0 Å². The van der Waals surface area contributed by atoms with Crippen LogP contribution in [0.4, 0.5) is 0 Å². The minimum Gasteiger partial charge on any atom is -0.311 e. The Hall–Kier alpha value is -0.0800. The van der Waals surface area contributed by atoms with E-state index in [0.29, 0.717) is 6.04 Å². The summed E-state index contributed by atoms with van der Waals surface area (Å²) in [5, 5.41) is 3.75. The third kappa shape index (κ3) is 3.23. The zero-order valence-corrected chi connectivity index (χ0v) is 11.9. The van der Waals surface area contributed by atoms with Gasteiger partial charge in [0.1, 0.15) is 0 Å². The second-order valence-corrected chi connectivity index (χ2v) is 6.31. The van der Waals surface area contributed by atoms with Gasteiger partial charge in [-0.1, -0.05) is 40.0 Å². The summed E-state index contributed by atoms with van der Waals surface area (Å²) in [5.74, 6) is 0.763. The van der Waals surface area contributed by atoms with Gasteiger partial charge in [0.05, 0.1) is 0 Å². The first-order valence-corrected chi connectivity index (χ1v) is 7.71. The fraction of sp³-hybridized carbons (Fsp3) is 1.00. The lowest BCUT2D eigenvalue weighted by Crippen LogP contribution is -2.60. The summed E-state index contributed by atoms with van der Waals surface area (Å²) in [6.07, 6.45) is 8.57. The Bertz CT molecular complexity index is 221. The Morgan fingerprint density at radius 2 is 1.88 bits per heavy atom. The van der Waals surface area contributed by atoms with Gasteiger partial charge in [0.15, 0.2) is 0 Å². The van der Waals surface area contributed by atoms with Crippen LogP contribution in [-0.4, -0.2) is 36.1 Å². The van der Waals surface area contributed by atoms with E-state index in [9.17, 15) is 0 Å². The van der Waals surface area contributed by atoms with Gasteiger partial charge in [-0.2, -0.15) is 0 Å². The van der Waals surface area contributed by atoms with Crippen LogP contribution in [0.5, 0.6) is 0 Å². The highest BCUT2D eigenvalue weighted by Crippen LogP contribution is 2.27. The molecule has 0 radical (unpaired) electrons. The maximum absolute atomic E-state index is 3.75. The topological polar surface area (TPSA) is 15.3 Å². The second-order valence-electron chi connectivity index (χ2n) is 6.31. The van der Waals surface area contributed by atoms with Crippen LogP contribution >= 0.6 is 0 Å². The molecule has 2 fully saturated rings. The molecule has 0 aromatic carbocycles. The monoisotopic (exact) mass is 238 g/mol. The van der Waals surface area contributed by atoms with E-state index >= 15 is 0 Å². The molecule has 2 nitrogen and oxygen atoms in total. The molecule has 0 aromatic heterocycles. The predicted octanol–water partition coefficient (Wildman–Crippen LogP) is 3.03. The number of piperazine rings is 1. The van der Waals surface area contributed by atoms with Gasteiger partial charge in [0.2, 0.25) is 0 Å². The van der Waals surface area contributed by atoms with E-state index in [-0.39, 0.29) is 0 Å². The summed E-state index contributed by atoms with van der Waals surface area (Å²) in [6.45, 7) is 9.53. The van der Waals surface area contributed by atoms with Crippen molar-refractivity contribution in [2.45, 2.75) is 77.4 Å². The molecule has 0 aromatic rings. The van der Waals surface area contributed by atoms with Crippen molar-refractivity contribution in [3.63, 3.8) is 0 Å². The highest BCUT2D eigenvalue weighted by molar-refractivity contribution is 4.91. The lowest BCUT2D eigenvalue weighted by molar-refractivity contribution is 0.0498. The Morgan fingerprint density at radius 1 is 1.18 bits per heavy atom. The summed E-state index contributed by atoms with van der Waals surface area (Å²) in [4.78, 5) is 2.85. The van der Waals surface area contributed by atoms with Gasteiger partial charge in [-0.15, -0.1) is 0 Å². The van der Waals surface area contributed by atoms with Crippen LogP contribution < -0.4 is 5.32 Å².